The van der Waals surface area contributed by atoms with Crippen molar-refractivity contribution < 1.29 is 4.79 Å². The summed E-state index contributed by atoms with van der Waals surface area (Å²) in [4.78, 5) is 22.1. The summed E-state index contributed by atoms with van der Waals surface area (Å²) in [6.07, 6.45) is 4.79. The van der Waals surface area contributed by atoms with Crippen LogP contribution in [0.15, 0.2) is 60.1 Å². The van der Waals surface area contributed by atoms with Gasteiger partial charge < -0.3 is 5.32 Å². The van der Waals surface area contributed by atoms with Gasteiger partial charge in [0, 0.05) is 35.6 Å². The lowest BCUT2D eigenvalue weighted by Gasteiger charge is -2.38. The minimum atomic E-state index is -0.359. The molecule has 0 saturated carbocycles. The molecule has 1 atom stereocenters. The molecule has 1 aliphatic carbocycles. The third-order valence-electron chi connectivity index (χ3n) is 5.45. The Kier molecular flexibility index (Phi) is 4.06. The summed E-state index contributed by atoms with van der Waals surface area (Å²) in [5.41, 5.74) is 3.24. The van der Waals surface area contributed by atoms with Gasteiger partial charge in [0.1, 0.15) is 6.04 Å². The van der Waals surface area contributed by atoms with Crippen molar-refractivity contribution in [2.24, 2.45) is 5.41 Å². The van der Waals surface area contributed by atoms with Crippen LogP contribution in [0.3, 0.4) is 0 Å². The van der Waals surface area contributed by atoms with Crippen LogP contribution in [0.25, 0.3) is 11.4 Å². The Bertz CT molecular complexity index is 1150. The van der Waals surface area contributed by atoms with Gasteiger partial charge in [-0.3, -0.25) is 9.78 Å². The molecule has 7 heteroatoms. The first kappa shape index (κ1) is 18.1. The summed E-state index contributed by atoms with van der Waals surface area (Å²) in [5, 5.41) is 8.71. The fourth-order valence-corrected chi connectivity index (χ4v) is 4.43. The van der Waals surface area contributed by atoms with Crippen LogP contribution in [0.1, 0.15) is 38.3 Å². The number of halogens is 1. The summed E-state index contributed by atoms with van der Waals surface area (Å²) in [5.74, 6) is 1.27. The van der Waals surface area contributed by atoms with Crippen LogP contribution in [0.5, 0.6) is 0 Å². The van der Waals surface area contributed by atoms with Crippen molar-refractivity contribution in [1.29, 1.82) is 0 Å². The first-order valence-electron chi connectivity index (χ1n) is 9.58. The maximum absolute atomic E-state index is 13.2. The van der Waals surface area contributed by atoms with Gasteiger partial charge in [-0.15, -0.1) is 5.10 Å². The Balaban J connectivity index is 1.70. The summed E-state index contributed by atoms with van der Waals surface area (Å²) < 4.78 is 1.78. The number of ketones is 1. The van der Waals surface area contributed by atoms with Gasteiger partial charge in [0.2, 0.25) is 5.95 Å². The zero-order valence-electron chi connectivity index (χ0n) is 16.2. The van der Waals surface area contributed by atoms with E-state index in [1.807, 2.05) is 36.4 Å². The molecule has 2 aliphatic rings. The number of pyridine rings is 1. The number of anilines is 1. The van der Waals surface area contributed by atoms with Crippen LogP contribution in [-0.2, 0) is 4.79 Å². The second-order valence-corrected chi connectivity index (χ2v) is 8.74. The Labute approximate surface area is 173 Å². The number of rotatable bonds is 2. The van der Waals surface area contributed by atoms with Crippen LogP contribution in [0.4, 0.5) is 5.95 Å². The van der Waals surface area contributed by atoms with Crippen LogP contribution in [0, 0.1) is 5.41 Å². The van der Waals surface area contributed by atoms with Gasteiger partial charge in [-0.2, -0.15) is 4.98 Å². The highest BCUT2D eigenvalue weighted by atomic mass is 35.5. The van der Waals surface area contributed by atoms with E-state index >= 15 is 0 Å². The number of nitrogens with zero attached hydrogens (tertiary/aromatic N) is 4. The molecule has 3 heterocycles. The molecule has 0 fully saturated rings. The van der Waals surface area contributed by atoms with Gasteiger partial charge in [-0.05, 0) is 35.6 Å². The molecule has 1 aromatic carbocycles. The van der Waals surface area contributed by atoms with E-state index in [0.29, 0.717) is 23.2 Å². The molecule has 0 amide bonds. The molecule has 1 unspecified atom stereocenters. The van der Waals surface area contributed by atoms with E-state index in [9.17, 15) is 4.79 Å². The average Bonchev–Trinajstić information content (AvgIpc) is 3.09. The number of carbonyl (C=O) groups is 1. The predicted molar refractivity (Wildman–Crippen MR) is 112 cm³/mol. The highest BCUT2D eigenvalue weighted by Gasteiger charge is 2.42. The summed E-state index contributed by atoms with van der Waals surface area (Å²) in [6, 6.07) is 11.0. The number of benzene rings is 1. The van der Waals surface area contributed by atoms with Crippen LogP contribution in [-0.4, -0.2) is 25.5 Å². The second kappa shape index (κ2) is 6.52. The molecule has 2 aromatic heterocycles. The molecule has 0 saturated heterocycles. The highest BCUT2D eigenvalue weighted by molar-refractivity contribution is 6.33. The molecule has 146 valence electrons. The zero-order valence-corrected chi connectivity index (χ0v) is 16.9. The molecule has 6 nitrogen and oxygen atoms in total. The van der Waals surface area contributed by atoms with Gasteiger partial charge in [-0.1, -0.05) is 43.6 Å². The van der Waals surface area contributed by atoms with E-state index in [-0.39, 0.29) is 17.2 Å². The lowest BCUT2D eigenvalue weighted by atomic mass is 9.73. The van der Waals surface area contributed by atoms with Crippen LogP contribution < -0.4 is 5.32 Å². The molecular weight excluding hydrogens is 386 g/mol. The van der Waals surface area contributed by atoms with Gasteiger partial charge in [0.15, 0.2) is 11.6 Å². The number of hydrogen-bond acceptors (Lipinski definition) is 5. The average molecular weight is 406 g/mol. The van der Waals surface area contributed by atoms with E-state index in [2.05, 4.69) is 24.1 Å². The number of aromatic nitrogens is 4. The van der Waals surface area contributed by atoms with Crippen molar-refractivity contribution in [3.8, 4) is 11.4 Å². The molecule has 29 heavy (non-hydrogen) atoms. The van der Waals surface area contributed by atoms with Gasteiger partial charge >= 0.3 is 0 Å². The van der Waals surface area contributed by atoms with Crippen molar-refractivity contribution in [2.45, 2.75) is 32.7 Å². The van der Waals surface area contributed by atoms with Crippen molar-refractivity contribution in [1.82, 2.24) is 19.7 Å². The lowest BCUT2D eigenvalue weighted by molar-refractivity contribution is -0.118. The smallest absolute Gasteiger partial charge is 0.226 e. The Morgan fingerprint density at radius 2 is 2.00 bits per heavy atom. The van der Waals surface area contributed by atoms with E-state index in [1.54, 1.807) is 17.1 Å². The van der Waals surface area contributed by atoms with Crippen molar-refractivity contribution in [3.05, 3.63) is 70.6 Å². The monoisotopic (exact) mass is 405 g/mol. The van der Waals surface area contributed by atoms with Crippen LogP contribution >= 0.6 is 11.6 Å². The number of allylic oxidation sites excluding steroid dienone is 2. The fourth-order valence-electron chi connectivity index (χ4n) is 4.21. The molecule has 0 bridgehead atoms. The number of carbonyl (C=O) groups excluding carboxylic acids is 1. The minimum Gasteiger partial charge on any atom is -0.328 e. The summed E-state index contributed by atoms with van der Waals surface area (Å²) in [7, 11) is 0. The standard InChI is InChI=1S/C22H20ClN5O/c1-22(2)10-16-18(17(29)11-22)19(13-6-5-9-24-12-13)28-21(25-16)26-20(27-28)14-7-3-4-8-15(14)23/h3-9,12,19H,10-11H2,1-2H3,(H,25,26,27). The summed E-state index contributed by atoms with van der Waals surface area (Å²) >= 11 is 6.37. The molecule has 0 radical (unpaired) electrons. The number of Topliss-reactive ketones (excluding diaryl/α,β-unsaturated/α-hetero) is 1. The minimum absolute atomic E-state index is 0.101. The fraction of sp³-hybridized carbons (Fsp3) is 0.273. The van der Waals surface area contributed by atoms with Crippen molar-refractivity contribution >= 4 is 23.3 Å². The van der Waals surface area contributed by atoms with Crippen LogP contribution in [0.2, 0.25) is 5.02 Å². The van der Waals surface area contributed by atoms with E-state index in [4.69, 9.17) is 21.7 Å². The molecule has 5 rings (SSSR count). The maximum atomic E-state index is 13.2. The zero-order chi connectivity index (χ0) is 20.2. The second-order valence-electron chi connectivity index (χ2n) is 8.33. The summed E-state index contributed by atoms with van der Waals surface area (Å²) in [6.45, 7) is 4.23. The van der Waals surface area contributed by atoms with E-state index in [0.717, 1.165) is 28.8 Å². The maximum Gasteiger partial charge on any atom is 0.226 e. The number of nitrogens with one attached hydrogen (secondary N) is 1. The Morgan fingerprint density at radius 3 is 2.76 bits per heavy atom. The van der Waals surface area contributed by atoms with Gasteiger partial charge in [-0.25, -0.2) is 4.68 Å². The third kappa shape index (κ3) is 3.04. The molecule has 3 aromatic rings. The normalized spacial score (nSPS) is 20.1. The molecule has 0 spiro atoms. The molecule has 1 aliphatic heterocycles. The predicted octanol–water partition coefficient (Wildman–Crippen LogP) is 4.65. The highest BCUT2D eigenvalue weighted by Crippen LogP contribution is 2.45. The lowest BCUT2D eigenvalue weighted by Crippen LogP contribution is -2.36. The quantitative estimate of drug-likeness (QED) is 0.671. The molecular formula is C22H20ClN5O. The van der Waals surface area contributed by atoms with Crippen molar-refractivity contribution in [3.63, 3.8) is 0 Å². The molecule has 1 N–H and O–H groups in total. The van der Waals surface area contributed by atoms with Gasteiger partial charge in [0.05, 0.1) is 5.02 Å². The topological polar surface area (TPSA) is 72.7 Å². The number of hydrogen-bond donors (Lipinski definition) is 1. The first-order valence-corrected chi connectivity index (χ1v) is 9.95. The van der Waals surface area contributed by atoms with E-state index in [1.165, 1.54) is 0 Å². The van der Waals surface area contributed by atoms with Gasteiger partial charge in [0.25, 0.3) is 0 Å². The SMILES string of the molecule is CC1(C)CC(=O)C2=C(C1)Nc1nc(-c3ccccc3Cl)nn1C2c1cccnc1. The van der Waals surface area contributed by atoms with Crippen molar-refractivity contribution in [2.75, 3.05) is 5.32 Å². The third-order valence-corrected chi connectivity index (χ3v) is 5.78. The Morgan fingerprint density at radius 1 is 1.17 bits per heavy atom. The largest absolute Gasteiger partial charge is 0.328 e. The van der Waals surface area contributed by atoms with E-state index < -0.39 is 0 Å². The number of fused-ring (bicyclic) bond motifs is 1. The first-order chi connectivity index (χ1) is 13.9. The Hall–Kier alpha value is -2.99.